The average Bonchev–Trinajstić information content (AvgIpc) is 3.21. The van der Waals surface area contributed by atoms with Crippen molar-refractivity contribution in [3.63, 3.8) is 0 Å². The number of hydrogen-bond donors (Lipinski definition) is 1. The Hall–Kier alpha value is -3.39. The van der Waals surface area contributed by atoms with E-state index < -0.39 is 5.91 Å². The van der Waals surface area contributed by atoms with Gasteiger partial charge >= 0.3 is 0 Å². The molecule has 170 valence electrons. The largest absolute Gasteiger partial charge is 0.490 e. The number of amidine groups is 2. The molecule has 0 saturated heterocycles. The molecule has 4 rings (SSSR count). The van der Waals surface area contributed by atoms with Gasteiger partial charge in [-0.25, -0.2) is 0 Å². The number of thioether (sulfide) groups is 1. The lowest BCUT2D eigenvalue weighted by Gasteiger charge is -2.20. The topological polar surface area (TPSA) is 87.3 Å². The predicted octanol–water partition coefficient (Wildman–Crippen LogP) is 5.64. The van der Waals surface area contributed by atoms with Crippen LogP contribution >= 0.6 is 11.8 Å². The van der Waals surface area contributed by atoms with Crippen LogP contribution in [0.1, 0.15) is 50.8 Å². The molecule has 0 spiro atoms. The van der Waals surface area contributed by atoms with Crippen LogP contribution in [0.4, 0.5) is 0 Å². The quantitative estimate of drug-likeness (QED) is 0.513. The monoisotopic (exact) mass is 462 g/mol. The van der Waals surface area contributed by atoms with E-state index in [9.17, 15) is 4.79 Å². The van der Waals surface area contributed by atoms with Crippen LogP contribution in [-0.4, -0.2) is 33.6 Å². The third kappa shape index (κ3) is 5.01. The van der Waals surface area contributed by atoms with Crippen LogP contribution in [0.25, 0.3) is 6.08 Å². The van der Waals surface area contributed by atoms with E-state index in [-0.39, 0.29) is 17.5 Å². The van der Waals surface area contributed by atoms with Gasteiger partial charge in [-0.1, -0.05) is 43.3 Å². The molecule has 2 aliphatic heterocycles. The Morgan fingerprint density at radius 1 is 1.15 bits per heavy atom. The maximum absolute atomic E-state index is 12.7. The second-order valence-corrected chi connectivity index (χ2v) is 8.61. The summed E-state index contributed by atoms with van der Waals surface area (Å²) in [6.45, 7) is 6.43. The first-order chi connectivity index (χ1) is 16.0. The van der Waals surface area contributed by atoms with Gasteiger partial charge in [-0.3, -0.25) is 10.2 Å². The average molecular weight is 463 g/mol. The van der Waals surface area contributed by atoms with Gasteiger partial charge < -0.3 is 9.47 Å². The summed E-state index contributed by atoms with van der Waals surface area (Å²) in [5.41, 5.74) is 1.97. The number of fused-ring (bicyclic) bond motifs is 1. The van der Waals surface area contributed by atoms with E-state index in [1.807, 2.05) is 62.4 Å². The Kier molecular flexibility index (Phi) is 6.93. The number of hydrogen-bond acceptors (Lipinski definition) is 6. The lowest BCUT2D eigenvalue weighted by molar-refractivity contribution is -0.114. The smallest absolute Gasteiger partial charge is 0.283 e. The van der Waals surface area contributed by atoms with Crippen LogP contribution in [0.2, 0.25) is 0 Å². The van der Waals surface area contributed by atoms with Crippen molar-refractivity contribution in [3.05, 3.63) is 65.2 Å². The number of aliphatic imine (C=N–C) groups is 1. The van der Waals surface area contributed by atoms with Gasteiger partial charge in [0, 0.05) is 0 Å². The molecule has 2 aromatic carbocycles. The molecule has 33 heavy (non-hydrogen) atoms. The highest BCUT2D eigenvalue weighted by molar-refractivity contribution is 8.26. The van der Waals surface area contributed by atoms with Gasteiger partial charge in [-0.05, 0) is 67.8 Å². The van der Waals surface area contributed by atoms with E-state index in [0.29, 0.717) is 23.3 Å². The molecule has 0 aliphatic carbocycles. The standard InChI is InChI=1S/C25H26N4O3S/c1-4-9-22-28-29-23(26)19(24(30)27-25(29)33-22)14-17-12-13-20(21(15-17)31-5-2)32-16(3)18-10-7-6-8-11-18/h6-8,10-16,26H,4-5,9H2,1-3H3/b19-14-,26-23?. The summed E-state index contributed by atoms with van der Waals surface area (Å²) >= 11 is 1.35. The molecule has 2 heterocycles. The minimum atomic E-state index is -0.442. The van der Waals surface area contributed by atoms with Gasteiger partial charge in [-0.2, -0.15) is 15.1 Å². The molecule has 0 bridgehead atoms. The van der Waals surface area contributed by atoms with Crippen LogP contribution in [0, 0.1) is 5.41 Å². The third-order valence-corrected chi connectivity index (χ3v) is 6.08. The fourth-order valence-electron chi connectivity index (χ4n) is 3.48. The maximum atomic E-state index is 12.7. The van der Waals surface area contributed by atoms with Crippen molar-refractivity contribution in [1.29, 1.82) is 5.41 Å². The van der Waals surface area contributed by atoms with Crippen LogP contribution in [-0.2, 0) is 4.79 Å². The molecule has 0 fully saturated rings. The normalized spacial score (nSPS) is 17.5. The summed E-state index contributed by atoms with van der Waals surface area (Å²) in [4.78, 5) is 16.8. The second-order valence-electron chi connectivity index (χ2n) is 7.57. The predicted molar refractivity (Wildman–Crippen MR) is 133 cm³/mol. The molecule has 0 aromatic heterocycles. The minimum Gasteiger partial charge on any atom is -0.490 e. The molecule has 2 aromatic rings. The van der Waals surface area contributed by atoms with Crippen molar-refractivity contribution >= 4 is 39.8 Å². The molecular weight excluding hydrogens is 436 g/mol. The van der Waals surface area contributed by atoms with Crippen molar-refractivity contribution < 1.29 is 14.3 Å². The minimum absolute atomic E-state index is 0.0274. The van der Waals surface area contributed by atoms with E-state index in [2.05, 4.69) is 17.0 Å². The summed E-state index contributed by atoms with van der Waals surface area (Å²) in [5.74, 6) is 0.779. The van der Waals surface area contributed by atoms with Crippen molar-refractivity contribution in [3.8, 4) is 11.5 Å². The molecule has 1 atom stereocenters. The zero-order valence-electron chi connectivity index (χ0n) is 18.9. The first kappa shape index (κ1) is 22.8. The van der Waals surface area contributed by atoms with Crippen molar-refractivity contribution in [1.82, 2.24) is 5.01 Å². The molecule has 1 amide bonds. The van der Waals surface area contributed by atoms with Crippen molar-refractivity contribution in [2.45, 2.75) is 39.7 Å². The Labute approximate surface area is 197 Å². The van der Waals surface area contributed by atoms with Gasteiger partial charge in [0.05, 0.1) is 12.2 Å². The Morgan fingerprint density at radius 3 is 2.67 bits per heavy atom. The molecule has 2 aliphatic rings. The number of rotatable bonds is 8. The van der Waals surface area contributed by atoms with Gasteiger partial charge in [0.25, 0.3) is 5.91 Å². The number of benzene rings is 2. The van der Waals surface area contributed by atoms with Gasteiger partial charge in [0.1, 0.15) is 11.1 Å². The van der Waals surface area contributed by atoms with Crippen molar-refractivity contribution in [2.75, 3.05) is 6.61 Å². The first-order valence-corrected chi connectivity index (χ1v) is 11.8. The molecule has 1 unspecified atom stereocenters. The summed E-state index contributed by atoms with van der Waals surface area (Å²) in [6, 6.07) is 15.4. The number of carbonyl (C=O) groups excluding carboxylic acids is 1. The molecule has 0 saturated carbocycles. The maximum Gasteiger partial charge on any atom is 0.283 e. The summed E-state index contributed by atoms with van der Waals surface area (Å²) < 4.78 is 12.0. The number of nitrogens with zero attached hydrogens (tertiary/aromatic N) is 3. The van der Waals surface area contributed by atoms with Crippen LogP contribution in [0.3, 0.4) is 0 Å². The molecule has 7 nitrogen and oxygen atoms in total. The van der Waals surface area contributed by atoms with Gasteiger partial charge in [-0.15, -0.1) is 0 Å². The van der Waals surface area contributed by atoms with Crippen LogP contribution in [0.15, 0.2) is 64.2 Å². The zero-order chi connectivity index (χ0) is 23.4. The van der Waals surface area contributed by atoms with E-state index in [4.69, 9.17) is 14.9 Å². The van der Waals surface area contributed by atoms with Gasteiger partial charge in [0.2, 0.25) is 5.17 Å². The fraction of sp³-hybridized carbons (Fsp3) is 0.280. The molecule has 1 N–H and O–H groups in total. The summed E-state index contributed by atoms with van der Waals surface area (Å²) in [6.07, 6.45) is 3.23. The lowest BCUT2D eigenvalue weighted by atomic mass is 10.1. The highest BCUT2D eigenvalue weighted by atomic mass is 32.2. The van der Waals surface area contributed by atoms with Gasteiger partial charge in [0.15, 0.2) is 17.3 Å². The zero-order valence-corrected chi connectivity index (χ0v) is 19.7. The summed E-state index contributed by atoms with van der Waals surface area (Å²) in [7, 11) is 0. The first-order valence-electron chi connectivity index (χ1n) is 11.0. The number of amides is 1. The van der Waals surface area contributed by atoms with Crippen molar-refractivity contribution in [2.24, 2.45) is 10.1 Å². The fourth-order valence-corrected chi connectivity index (χ4v) is 4.46. The SMILES string of the molecule is CCCC1=NN2C(=N)/C(=C/c3ccc(OC(C)c4ccccc4)c(OCC)c3)C(=O)N=C2S1. The summed E-state index contributed by atoms with van der Waals surface area (Å²) in [5, 5.41) is 15.7. The molecular formula is C25H26N4O3S. The number of nitrogens with one attached hydrogen (secondary N) is 1. The van der Waals surface area contributed by atoms with E-state index in [1.54, 1.807) is 6.08 Å². The van der Waals surface area contributed by atoms with Crippen LogP contribution in [0.5, 0.6) is 11.5 Å². The molecule has 0 radical (unpaired) electrons. The highest BCUT2D eigenvalue weighted by Crippen LogP contribution is 2.34. The Balaban J connectivity index is 1.60. The Morgan fingerprint density at radius 2 is 1.94 bits per heavy atom. The number of carbonyl (C=O) groups is 1. The highest BCUT2D eigenvalue weighted by Gasteiger charge is 2.35. The molecule has 8 heteroatoms. The Bertz CT molecular complexity index is 1160. The lowest BCUT2D eigenvalue weighted by Crippen LogP contribution is -2.35. The van der Waals surface area contributed by atoms with E-state index >= 15 is 0 Å². The number of ether oxygens (including phenoxy) is 2. The second kappa shape index (κ2) is 10.0. The van der Waals surface area contributed by atoms with E-state index in [0.717, 1.165) is 29.0 Å². The number of hydrazone groups is 1. The van der Waals surface area contributed by atoms with E-state index in [1.165, 1.54) is 16.8 Å². The third-order valence-electron chi connectivity index (χ3n) is 5.11. The van der Waals surface area contributed by atoms with Crippen LogP contribution < -0.4 is 9.47 Å².